The van der Waals surface area contributed by atoms with Crippen molar-refractivity contribution >= 4 is 4.00 Å². The van der Waals surface area contributed by atoms with Crippen molar-refractivity contribution in [2.45, 2.75) is 10.3 Å². The fourth-order valence-electron chi connectivity index (χ4n) is 0.123. The van der Waals surface area contributed by atoms with Gasteiger partial charge in [-0.05, 0) is 0 Å². The van der Waals surface area contributed by atoms with E-state index in [2.05, 4.69) is 6.58 Å². The summed E-state index contributed by atoms with van der Waals surface area (Å²) in [7, 11) is 0. The summed E-state index contributed by atoms with van der Waals surface area (Å²) in [6, 6.07) is 0. The second kappa shape index (κ2) is 3.19. The monoisotopic (exact) mass is 282 g/mol. The normalized spacial score (nSPS) is 10.3. The molecule has 1 nitrogen and oxygen atoms in total. The molecule has 0 saturated carbocycles. The summed E-state index contributed by atoms with van der Waals surface area (Å²) in [5.74, 6) is 0. The quantitative estimate of drug-likeness (QED) is 0.553. The van der Waals surface area contributed by atoms with E-state index in [0.29, 0.717) is 0 Å². The maximum atomic E-state index is 10.5. The van der Waals surface area contributed by atoms with E-state index in [1.807, 2.05) is 10.3 Å². The molecule has 0 aliphatic heterocycles. The van der Waals surface area contributed by atoms with Gasteiger partial charge in [0.15, 0.2) is 0 Å². The van der Waals surface area contributed by atoms with Crippen molar-refractivity contribution in [3.8, 4) is 0 Å². The zero-order valence-electron chi connectivity index (χ0n) is 4.49. The third kappa shape index (κ3) is 2.80. The van der Waals surface area contributed by atoms with Crippen molar-refractivity contribution in [3.63, 3.8) is 0 Å². The van der Waals surface area contributed by atoms with Crippen molar-refractivity contribution in [1.29, 1.82) is 0 Å². The molecule has 0 amide bonds. The van der Waals surface area contributed by atoms with Gasteiger partial charge in [-0.15, -0.1) is 0 Å². The third-order valence-electron chi connectivity index (χ3n) is 0.442. The van der Waals surface area contributed by atoms with Crippen LogP contribution >= 0.6 is 0 Å². The average Bonchev–Trinajstić information content (AvgIpc) is 1.65. The van der Waals surface area contributed by atoms with Crippen LogP contribution in [-0.4, -0.2) is 4.00 Å². The molecule has 0 bridgehead atoms. The van der Waals surface area contributed by atoms with Crippen LogP contribution in [0.3, 0.4) is 0 Å². The van der Waals surface area contributed by atoms with Crippen LogP contribution in [0.2, 0.25) is 10.3 Å². The van der Waals surface area contributed by atoms with Gasteiger partial charge in [0.2, 0.25) is 0 Å². The van der Waals surface area contributed by atoms with Crippen molar-refractivity contribution in [2.24, 2.45) is 0 Å². The Morgan fingerprint density at radius 3 is 2.14 bits per heavy atom. The summed E-state index contributed by atoms with van der Waals surface area (Å²) in [5, 5.41) is 4.00. The first-order chi connectivity index (χ1) is 3.18. The first-order valence-electron chi connectivity index (χ1n) is 1.65. The van der Waals surface area contributed by atoms with Crippen molar-refractivity contribution in [1.82, 2.24) is 0 Å². The Balaban J connectivity index is 3.56. The molecule has 0 aliphatic rings. The van der Waals surface area contributed by atoms with Crippen molar-refractivity contribution < 1.29 is 23.2 Å². The summed E-state index contributed by atoms with van der Waals surface area (Å²) in [6.07, 6.45) is 1.42. The van der Waals surface area contributed by atoms with Gasteiger partial charge < -0.3 is 0 Å². The van der Waals surface area contributed by atoms with E-state index in [9.17, 15) is 4.79 Å². The Bertz CT molecular complexity index is 86.1. The molecule has 0 aromatic rings. The molecule has 0 aliphatic carbocycles. The Hall–Kier alpha value is 0.150. The molecule has 0 spiro atoms. The van der Waals surface area contributed by atoms with E-state index in [0.717, 1.165) is 0 Å². The molecular formula is C5H9AuO. The minimum absolute atomic E-state index is 0.259. The molecule has 0 rings (SSSR count). The SMILES string of the molecule is C=C[C](=O)[Au]([CH3])[CH3]. The number of carbonyl (C=O) groups excluding carboxylic acids is 1. The van der Waals surface area contributed by atoms with Gasteiger partial charge >= 0.3 is 50.2 Å². The molecule has 0 heterocycles. The topological polar surface area (TPSA) is 17.1 Å². The van der Waals surface area contributed by atoms with Crippen LogP contribution < -0.4 is 0 Å². The van der Waals surface area contributed by atoms with E-state index in [1.165, 1.54) is 6.08 Å². The van der Waals surface area contributed by atoms with Crippen LogP contribution in [0.5, 0.6) is 0 Å². The molecule has 0 N–H and O–H groups in total. The Morgan fingerprint density at radius 2 is 2.14 bits per heavy atom. The van der Waals surface area contributed by atoms with Gasteiger partial charge in [0.25, 0.3) is 0 Å². The number of rotatable bonds is 2. The number of allylic oxidation sites excluding steroid dienone is 1. The maximum absolute atomic E-state index is 10.5. The van der Waals surface area contributed by atoms with Gasteiger partial charge in [-0.2, -0.15) is 0 Å². The summed E-state index contributed by atoms with van der Waals surface area (Å²) in [5.41, 5.74) is 0. The summed E-state index contributed by atoms with van der Waals surface area (Å²) < 4.78 is 0.259. The fourth-order valence-corrected chi connectivity index (χ4v) is 1.01. The Morgan fingerprint density at radius 1 is 1.71 bits per heavy atom. The molecule has 0 saturated heterocycles. The predicted octanol–water partition coefficient (Wildman–Crippen LogP) is 1.41. The molecule has 0 atom stereocenters. The van der Waals surface area contributed by atoms with E-state index in [4.69, 9.17) is 0 Å². The Kier molecular flexibility index (Phi) is 3.26. The fraction of sp³-hybridized carbons (Fsp3) is 0.400. The van der Waals surface area contributed by atoms with Crippen LogP contribution in [-0.2, 0) is 23.2 Å². The predicted molar refractivity (Wildman–Crippen MR) is 26.9 cm³/mol. The van der Waals surface area contributed by atoms with Gasteiger partial charge in [0, 0.05) is 0 Å². The summed E-state index contributed by atoms with van der Waals surface area (Å²) in [4.78, 5) is 10.5. The number of hydrogen-bond acceptors (Lipinski definition) is 1. The molecule has 0 unspecified atom stereocenters. The van der Waals surface area contributed by atoms with E-state index in [-0.39, 0.29) is 4.00 Å². The van der Waals surface area contributed by atoms with Crippen LogP contribution in [0.1, 0.15) is 0 Å². The first kappa shape index (κ1) is 7.15. The Labute approximate surface area is 50.5 Å². The molecule has 7 heavy (non-hydrogen) atoms. The molecule has 2 heteroatoms. The third-order valence-corrected chi connectivity index (χ3v) is 3.02. The minimum atomic E-state index is -1.10. The standard InChI is InChI=1S/C3H3O.2CH3.Au/c1-2-3-4;;;/h2H,1H2;2*1H3;. The molecule has 0 radical (unpaired) electrons. The first-order valence-corrected chi connectivity index (χ1v) is 7.07. The van der Waals surface area contributed by atoms with Crippen LogP contribution in [0.25, 0.3) is 0 Å². The van der Waals surface area contributed by atoms with Crippen molar-refractivity contribution in [3.05, 3.63) is 12.7 Å². The average molecular weight is 282 g/mol. The van der Waals surface area contributed by atoms with Gasteiger partial charge in [0.1, 0.15) is 0 Å². The van der Waals surface area contributed by atoms with Gasteiger partial charge in [-0.1, -0.05) is 0 Å². The molecule has 0 fully saturated rings. The second-order valence-electron chi connectivity index (χ2n) is 1.07. The summed E-state index contributed by atoms with van der Waals surface area (Å²) >= 11 is -1.10. The zero-order valence-corrected chi connectivity index (χ0v) is 6.66. The molecule has 0 aromatic heterocycles. The summed E-state index contributed by atoms with van der Waals surface area (Å²) in [6.45, 7) is 3.37. The number of carbonyl (C=O) groups is 1. The van der Waals surface area contributed by atoms with Gasteiger partial charge in [0.05, 0.1) is 0 Å². The molecule has 46 valence electrons. The molecule has 0 aromatic carbocycles. The van der Waals surface area contributed by atoms with Crippen LogP contribution in [0.15, 0.2) is 12.7 Å². The van der Waals surface area contributed by atoms with E-state index >= 15 is 0 Å². The second-order valence-corrected chi connectivity index (χ2v) is 6.47. The van der Waals surface area contributed by atoms with E-state index in [1.54, 1.807) is 0 Å². The van der Waals surface area contributed by atoms with Crippen LogP contribution in [0, 0.1) is 0 Å². The van der Waals surface area contributed by atoms with Crippen LogP contribution in [0.4, 0.5) is 0 Å². The van der Waals surface area contributed by atoms with Gasteiger partial charge in [-0.3, -0.25) is 0 Å². The number of hydrogen-bond donors (Lipinski definition) is 0. The molecular weight excluding hydrogens is 273 g/mol. The van der Waals surface area contributed by atoms with E-state index < -0.39 is 18.4 Å². The van der Waals surface area contributed by atoms with Crippen molar-refractivity contribution in [2.75, 3.05) is 0 Å². The van der Waals surface area contributed by atoms with Gasteiger partial charge in [-0.25, -0.2) is 0 Å². The zero-order chi connectivity index (χ0) is 5.86.